The lowest BCUT2D eigenvalue weighted by molar-refractivity contribution is 0.111. The Morgan fingerprint density at radius 3 is 2.87 bits per heavy atom. The van der Waals surface area contributed by atoms with Gasteiger partial charge < -0.3 is 4.98 Å². The van der Waals surface area contributed by atoms with Crippen LogP contribution < -0.4 is 0 Å². The number of H-pyrrole nitrogens is 1. The molecular weight excluding hydrogens is 186 g/mol. The molecule has 1 aromatic heterocycles. The van der Waals surface area contributed by atoms with Gasteiger partial charge in [0.25, 0.3) is 0 Å². The van der Waals surface area contributed by atoms with Crippen LogP contribution >= 0.6 is 0 Å². The molecule has 1 N–H and O–H groups in total. The Labute approximate surface area is 89.3 Å². The summed E-state index contributed by atoms with van der Waals surface area (Å²) < 4.78 is 0. The first-order valence-corrected chi connectivity index (χ1v) is 5.41. The summed E-state index contributed by atoms with van der Waals surface area (Å²) in [5, 5.41) is 1.19. The standard InChI is InChI=1S/C13H15NO/c1-2-3-6-11-10-7-4-5-8-12(10)14-13(11)9-15/h4-5,7-9,14H,2-3,6H2,1H3. The van der Waals surface area contributed by atoms with Crippen LogP contribution in [0.15, 0.2) is 24.3 Å². The summed E-state index contributed by atoms with van der Waals surface area (Å²) in [6.07, 6.45) is 4.18. The number of aryl methyl sites for hydroxylation is 1. The number of hydrogen-bond acceptors (Lipinski definition) is 1. The predicted molar refractivity (Wildman–Crippen MR) is 62.3 cm³/mol. The highest BCUT2D eigenvalue weighted by Gasteiger charge is 2.09. The average molecular weight is 201 g/mol. The van der Waals surface area contributed by atoms with E-state index >= 15 is 0 Å². The van der Waals surface area contributed by atoms with E-state index < -0.39 is 0 Å². The molecule has 0 unspecified atom stereocenters. The topological polar surface area (TPSA) is 32.9 Å². The highest BCUT2D eigenvalue weighted by Crippen LogP contribution is 2.22. The van der Waals surface area contributed by atoms with Gasteiger partial charge in [-0.3, -0.25) is 4.79 Å². The van der Waals surface area contributed by atoms with E-state index in [0.717, 1.165) is 36.8 Å². The summed E-state index contributed by atoms with van der Waals surface area (Å²) in [6.45, 7) is 2.16. The number of carbonyl (C=O) groups excluding carboxylic acids is 1. The van der Waals surface area contributed by atoms with Crippen molar-refractivity contribution in [3.63, 3.8) is 0 Å². The van der Waals surface area contributed by atoms with E-state index in [-0.39, 0.29) is 0 Å². The highest BCUT2D eigenvalue weighted by molar-refractivity contribution is 5.92. The highest BCUT2D eigenvalue weighted by atomic mass is 16.1. The van der Waals surface area contributed by atoms with E-state index in [0.29, 0.717) is 0 Å². The van der Waals surface area contributed by atoms with Crippen molar-refractivity contribution < 1.29 is 4.79 Å². The summed E-state index contributed by atoms with van der Waals surface area (Å²) in [4.78, 5) is 14.1. The van der Waals surface area contributed by atoms with Crippen LogP contribution in [-0.4, -0.2) is 11.3 Å². The van der Waals surface area contributed by atoms with E-state index in [1.54, 1.807) is 0 Å². The first-order chi connectivity index (χ1) is 7.36. The van der Waals surface area contributed by atoms with Gasteiger partial charge >= 0.3 is 0 Å². The molecule has 78 valence electrons. The van der Waals surface area contributed by atoms with Crippen molar-refractivity contribution in [2.24, 2.45) is 0 Å². The van der Waals surface area contributed by atoms with Crippen LogP contribution in [0.1, 0.15) is 35.8 Å². The lowest BCUT2D eigenvalue weighted by Gasteiger charge is -1.98. The molecule has 0 saturated carbocycles. The molecule has 15 heavy (non-hydrogen) atoms. The minimum absolute atomic E-state index is 0.740. The fourth-order valence-electron chi connectivity index (χ4n) is 1.94. The summed E-state index contributed by atoms with van der Waals surface area (Å²) >= 11 is 0. The Bertz CT molecular complexity index is 470. The molecule has 0 amide bonds. The van der Waals surface area contributed by atoms with Gasteiger partial charge in [-0.15, -0.1) is 0 Å². The van der Waals surface area contributed by atoms with Crippen molar-refractivity contribution in [1.82, 2.24) is 4.98 Å². The second kappa shape index (κ2) is 4.30. The maximum atomic E-state index is 10.9. The average Bonchev–Trinajstić information content (AvgIpc) is 2.64. The third-order valence-electron chi connectivity index (χ3n) is 2.74. The molecule has 2 nitrogen and oxygen atoms in total. The van der Waals surface area contributed by atoms with Crippen LogP contribution in [0.25, 0.3) is 10.9 Å². The van der Waals surface area contributed by atoms with Gasteiger partial charge in [-0.05, 0) is 24.5 Å². The number of unbranched alkanes of at least 4 members (excludes halogenated alkanes) is 1. The van der Waals surface area contributed by atoms with Crippen LogP contribution in [0.3, 0.4) is 0 Å². The van der Waals surface area contributed by atoms with Gasteiger partial charge in [0.05, 0.1) is 5.69 Å². The van der Waals surface area contributed by atoms with Crippen molar-refractivity contribution in [3.05, 3.63) is 35.5 Å². The molecule has 2 aromatic rings. The van der Waals surface area contributed by atoms with Crippen molar-refractivity contribution in [3.8, 4) is 0 Å². The fourth-order valence-corrected chi connectivity index (χ4v) is 1.94. The first kappa shape index (κ1) is 9.97. The van der Waals surface area contributed by atoms with E-state index in [1.165, 1.54) is 10.9 Å². The number of aromatic nitrogens is 1. The molecule has 0 atom stereocenters. The molecule has 2 heteroatoms. The fraction of sp³-hybridized carbons (Fsp3) is 0.308. The van der Waals surface area contributed by atoms with E-state index in [1.807, 2.05) is 18.2 Å². The van der Waals surface area contributed by atoms with E-state index in [9.17, 15) is 4.79 Å². The van der Waals surface area contributed by atoms with Crippen molar-refractivity contribution in [2.45, 2.75) is 26.2 Å². The van der Waals surface area contributed by atoms with Crippen LogP contribution in [-0.2, 0) is 6.42 Å². The Balaban J connectivity index is 2.51. The van der Waals surface area contributed by atoms with E-state index in [2.05, 4.69) is 18.0 Å². The molecule has 1 aromatic carbocycles. The van der Waals surface area contributed by atoms with Crippen LogP contribution in [0.5, 0.6) is 0 Å². The smallest absolute Gasteiger partial charge is 0.166 e. The van der Waals surface area contributed by atoms with Crippen molar-refractivity contribution >= 4 is 17.2 Å². The Hall–Kier alpha value is -1.57. The van der Waals surface area contributed by atoms with Crippen LogP contribution in [0.2, 0.25) is 0 Å². The Kier molecular flexibility index (Phi) is 2.86. The molecule has 0 fully saturated rings. The van der Waals surface area contributed by atoms with Crippen molar-refractivity contribution in [1.29, 1.82) is 0 Å². The SMILES string of the molecule is CCCCc1c(C=O)[nH]c2ccccc12. The predicted octanol–water partition coefficient (Wildman–Crippen LogP) is 3.32. The van der Waals surface area contributed by atoms with Crippen LogP contribution in [0.4, 0.5) is 0 Å². The maximum absolute atomic E-state index is 10.9. The molecular formula is C13H15NO. The molecule has 0 bridgehead atoms. The molecule has 2 rings (SSSR count). The largest absolute Gasteiger partial charge is 0.352 e. The minimum atomic E-state index is 0.740. The van der Waals surface area contributed by atoms with Gasteiger partial charge in [0.1, 0.15) is 0 Å². The quantitative estimate of drug-likeness (QED) is 0.756. The maximum Gasteiger partial charge on any atom is 0.166 e. The zero-order valence-corrected chi connectivity index (χ0v) is 8.92. The molecule has 0 saturated heterocycles. The third kappa shape index (κ3) is 1.80. The van der Waals surface area contributed by atoms with Crippen LogP contribution in [0, 0.1) is 0 Å². The number of aromatic amines is 1. The number of aldehydes is 1. The van der Waals surface area contributed by atoms with Gasteiger partial charge in [0.2, 0.25) is 0 Å². The number of fused-ring (bicyclic) bond motifs is 1. The summed E-state index contributed by atoms with van der Waals surface area (Å²) in [7, 11) is 0. The molecule has 1 heterocycles. The number of benzene rings is 1. The van der Waals surface area contributed by atoms with Gasteiger partial charge in [-0.2, -0.15) is 0 Å². The van der Waals surface area contributed by atoms with Gasteiger partial charge in [-0.1, -0.05) is 31.5 Å². The number of para-hydroxylation sites is 1. The Morgan fingerprint density at radius 2 is 2.13 bits per heavy atom. The minimum Gasteiger partial charge on any atom is -0.352 e. The lowest BCUT2D eigenvalue weighted by atomic mass is 10.1. The number of carbonyl (C=O) groups is 1. The normalized spacial score (nSPS) is 10.7. The molecule has 0 aliphatic carbocycles. The van der Waals surface area contributed by atoms with Gasteiger partial charge in [-0.25, -0.2) is 0 Å². The summed E-state index contributed by atoms with van der Waals surface area (Å²) in [5.41, 5.74) is 2.97. The molecule has 0 aliphatic heterocycles. The summed E-state index contributed by atoms with van der Waals surface area (Å²) in [5.74, 6) is 0. The first-order valence-electron chi connectivity index (χ1n) is 5.41. The summed E-state index contributed by atoms with van der Waals surface area (Å²) in [6, 6.07) is 8.08. The number of rotatable bonds is 4. The third-order valence-corrected chi connectivity index (χ3v) is 2.74. The second-order valence-electron chi connectivity index (χ2n) is 3.78. The lowest BCUT2D eigenvalue weighted by Crippen LogP contribution is -1.89. The Morgan fingerprint density at radius 1 is 1.33 bits per heavy atom. The molecule has 0 aliphatic rings. The van der Waals surface area contributed by atoms with Gasteiger partial charge in [0, 0.05) is 10.9 Å². The molecule has 0 radical (unpaired) electrons. The second-order valence-corrected chi connectivity index (χ2v) is 3.78. The van der Waals surface area contributed by atoms with Crippen molar-refractivity contribution in [2.75, 3.05) is 0 Å². The van der Waals surface area contributed by atoms with Gasteiger partial charge in [0.15, 0.2) is 6.29 Å². The molecule has 0 spiro atoms. The zero-order chi connectivity index (χ0) is 10.7. The monoisotopic (exact) mass is 201 g/mol. The zero-order valence-electron chi connectivity index (χ0n) is 8.92. The van der Waals surface area contributed by atoms with E-state index in [4.69, 9.17) is 0 Å². The number of nitrogens with one attached hydrogen (secondary N) is 1. The number of hydrogen-bond donors (Lipinski definition) is 1.